The van der Waals surface area contributed by atoms with Crippen LogP contribution in [0.1, 0.15) is 20.8 Å². The maximum Gasteiger partial charge on any atom is 0.412 e. The van der Waals surface area contributed by atoms with E-state index in [0.29, 0.717) is 10.7 Å². The van der Waals surface area contributed by atoms with Crippen molar-refractivity contribution in [2.75, 3.05) is 4.90 Å². The van der Waals surface area contributed by atoms with E-state index in [0.717, 1.165) is 0 Å². The third-order valence-electron chi connectivity index (χ3n) is 1.93. The standard InChI is InChI=1S/C11H14ClNO2/c1-11(2,3)13(10(14)15)9-6-4-5-8(12)7-9/h4-7H,1-3H3,(H,14,15). The molecule has 0 fully saturated rings. The molecule has 0 atom stereocenters. The lowest BCUT2D eigenvalue weighted by molar-refractivity contribution is 0.195. The van der Waals surface area contributed by atoms with E-state index in [1.54, 1.807) is 24.3 Å². The van der Waals surface area contributed by atoms with Gasteiger partial charge in [0, 0.05) is 16.2 Å². The van der Waals surface area contributed by atoms with Gasteiger partial charge in [0.25, 0.3) is 0 Å². The van der Waals surface area contributed by atoms with Gasteiger partial charge < -0.3 is 5.11 Å². The topological polar surface area (TPSA) is 40.5 Å². The van der Waals surface area contributed by atoms with Crippen molar-refractivity contribution in [3.63, 3.8) is 0 Å². The molecule has 1 aromatic rings. The van der Waals surface area contributed by atoms with Crippen LogP contribution in [0.25, 0.3) is 0 Å². The first-order valence-corrected chi connectivity index (χ1v) is 4.99. The zero-order chi connectivity index (χ0) is 11.6. The van der Waals surface area contributed by atoms with Crippen LogP contribution in [0.15, 0.2) is 24.3 Å². The molecular weight excluding hydrogens is 214 g/mol. The number of amides is 1. The second kappa shape index (κ2) is 4.11. The Hall–Kier alpha value is -1.22. The maximum atomic E-state index is 11.1. The third-order valence-corrected chi connectivity index (χ3v) is 2.16. The van der Waals surface area contributed by atoms with Crippen LogP contribution in [0.3, 0.4) is 0 Å². The van der Waals surface area contributed by atoms with Crippen molar-refractivity contribution < 1.29 is 9.90 Å². The summed E-state index contributed by atoms with van der Waals surface area (Å²) in [6.07, 6.45) is -0.982. The van der Waals surface area contributed by atoms with E-state index in [4.69, 9.17) is 16.7 Å². The van der Waals surface area contributed by atoms with Crippen molar-refractivity contribution in [3.05, 3.63) is 29.3 Å². The normalized spacial score (nSPS) is 11.2. The number of rotatable bonds is 1. The summed E-state index contributed by atoms with van der Waals surface area (Å²) in [6.45, 7) is 5.51. The van der Waals surface area contributed by atoms with Crippen molar-refractivity contribution in [1.29, 1.82) is 0 Å². The average molecular weight is 228 g/mol. The highest BCUT2D eigenvalue weighted by atomic mass is 35.5. The Morgan fingerprint density at radius 2 is 2.00 bits per heavy atom. The van der Waals surface area contributed by atoms with Gasteiger partial charge >= 0.3 is 6.09 Å². The Morgan fingerprint density at radius 1 is 1.40 bits per heavy atom. The van der Waals surface area contributed by atoms with Gasteiger partial charge in [-0.2, -0.15) is 0 Å². The molecule has 0 radical (unpaired) electrons. The molecule has 0 unspecified atom stereocenters. The number of carboxylic acid groups (broad SMARTS) is 1. The molecular formula is C11H14ClNO2. The SMILES string of the molecule is CC(C)(C)N(C(=O)O)c1cccc(Cl)c1. The molecule has 0 bridgehead atoms. The van der Waals surface area contributed by atoms with Crippen LogP contribution in [0.5, 0.6) is 0 Å². The largest absolute Gasteiger partial charge is 0.465 e. The molecule has 0 aromatic heterocycles. The molecule has 15 heavy (non-hydrogen) atoms. The van der Waals surface area contributed by atoms with Crippen LogP contribution in [-0.2, 0) is 0 Å². The molecule has 1 amide bonds. The van der Waals surface area contributed by atoms with E-state index in [-0.39, 0.29) is 0 Å². The fourth-order valence-corrected chi connectivity index (χ4v) is 1.58. The number of benzene rings is 1. The van der Waals surface area contributed by atoms with Gasteiger partial charge in [-0.3, -0.25) is 4.90 Å². The number of nitrogens with zero attached hydrogens (tertiary/aromatic N) is 1. The van der Waals surface area contributed by atoms with Crippen molar-refractivity contribution >= 4 is 23.4 Å². The summed E-state index contributed by atoms with van der Waals surface area (Å²) < 4.78 is 0. The van der Waals surface area contributed by atoms with Gasteiger partial charge in [-0.25, -0.2) is 4.79 Å². The molecule has 0 heterocycles. The summed E-state index contributed by atoms with van der Waals surface area (Å²) >= 11 is 5.82. The molecule has 0 saturated carbocycles. The van der Waals surface area contributed by atoms with E-state index in [2.05, 4.69) is 0 Å². The van der Waals surface area contributed by atoms with Crippen molar-refractivity contribution in [2.45, 2.75) is 26.3 Å². The minimum Gasteiger partial charge on any atom is -0.465 e. The van der Waals surface area contributed by atoms with E-state index in [9.17, 15) is 4.79 Å². The second-order valence-electron chi connectivity index (χ2n) is 4.27. The molecule has 0 aliphatic carbocycles. The molecule has 1 aromatic carbocycles. The fourth-order valence-electron chi connectivity index (χ4n) is 1.40. The highest BCUT2D eigenvalue weighted by Gasteiger charge is 2.27. The molecule has 0 aliphatic rings. The number of anilines is 1. The van der Waals surface area contributed by atoms with Crippen LogP contribution in [0.2, 0.25) is 5.02 Å². The van der Waals surface area contributed by atoms with Crippen LogP contribution in [-0.4, -0.2) is 16.7 Å². The van der Waals surface area contributed by atoms with Crippen LogP contribution in [0.4, 0.5) is 10.5 Å². The van der Waals surface area contributed by atoms with Gasteiger partial charge in [0.05, 0.1) is 0 Å². The van der Waals surface area contributed by atoms with E-state index in [1.165, 1.54) is 4.90 Å². The van der Waals surface area contributed by atoms with E-state index < -0.39 is 11.6 Å². The Labute approximate surface area is 94.3 Å². The molecule has 82 valence electrons. The lowest BCUT2D eigenvalue weighted by Gasteiger charge is -2.33. The van der Waals surface area contributed by atoms with Gasteiger partial charge in [-0.15, -0.1) is 0 Å². The lowest BCUT2D eigenvalue weighted by Crippen LogP contribution is -2.45. The summed E-state index contributed by atoms with van der Waals surface area (Å²) in [5, 5.41) is 9.67. The average Bonchev–Trinajstić information content (AvgIpc) is 1.99. The minimum absolute atomic E-state index is 0.490. The number of hydrogen-bond donors (Lipinski definition) is 1. The third kappa shape index (κ3) is 2.86. The number of halogens is 1. The molecule has 0 aliphatic heterocycles. The predicted octanol–water partition coefficient (Wildman–Crippen LogP) is 3.62. The van der Waals surface area contributed by atoms with Crippen LogP contribution >= 0.6 is 11.6 Å². The fraction of sp³-hybridized carbons (Fsp3) is 0.364. The molecule has 1 rings (SSSR count). The van der Waals surface area contributed by atoms with Crippen molar-refractivity contribution in [2.24, 2.45) is 0 Å². The van der Waals surface area contributed by atoms with Gasteiger partial charge in [-0.1, -0.05) is 17.7 Å². The molecule has 0 spiro atoms. The molecule has 3 nitrogen and oxygen atoms in total. The Morgan fingerprint density at radius 3 is 2.40 bits per heavy atom. The highest BCUT2D eigenvalue weighted by Crippen LogP contribution is 2.26. The monoisotopic (exact) mass is 227 g/mol. The zero-order valence-corrected chi connectivity index (χ0v) is 9.75. The van der Waals surface area contributed by atoms with Gasteiger partial charge in [0.1, 0.15) is 0 Å². The van der Waals surface area contributed by atoms with Crippen molar-refractivity contribution in [3.8, 4) is 0 Å². The first kappa shape index (κ1) is 11.9. The smallest absolute Gasteiger partial charge is 0.412 e. The maximum absolute atomic E-state index is 11.1. The molecule has 4 heteroatoms. The van der Waals surface area contributed by atoms with Crippen molar-refractivity contribution in [1.82, 2.24) is 0 Å². The predicted molar refractivity (Wildman–Crippen MR) is 61.7 cm³/mol. The quantitative estimate of drug-likeness (QED) is 0.796. The van der Waals surface area contributed by atoms with Gasteiger partial charge in [-0.05, 0) is 39.0 Å². The zero-order valence-electron chi connectivity index (χ0n) is 8.99. The Bertz CT molecular complexity index is 371. The number of hydrogen-bond acceptors (Lipinski definition) is 1. The van der Waals surface area contributed by atoms with Gasteiger partial charge in [0.2, 0.25) is 0 Å². The van der Waals surface area contributed by atoms with E-state index in [1.807, 2.05) is 20.8 Å². The number of carbonyl (C=O) groups is 1. The summed E-state index contributed by atoms with van der Waals surface area (Å²) in [7, 11) is 0. The summed E-state index contributed by atoms with van der Waals surface area (Å²) in [6, 6.07) is 6.82. The lowest BCUT2D eigenvalue weighted by atomic mass is 10.1. The summed E-state index contributed by atoms with van der Waals surface area (Å²) in [5.74, 6) is 0. The van der Waals surface area contributed by atoms with Crippen LogP contribution in [0, 0.1) is 0 Å². The molecule has 1 N–H and O–H groups in total. The highest BCUT2D eigenvalue weighted by molar-refractivity contribution is 6.30. The minimum atomic E-state index is -0.982. The summed E-state index contributed by atoms with van der Waals surface area (Å²) in [5.41, 5.74) is 0.0961. The second-order valence-corrected chi connectivity index (χ2v) is 4.71. The first-order chi connectivity index (χ1) is 6.82. The van der Waals surface area contributed by atoms with Crippen LogP contribution < -0.4 is 4.90 Å². The van der Waals surface area contributed by atoms with Gasteiger partial charge in [0.15, 0.2) is 0 Å². The molecule has 0 saturated heterocycles. The first-order valence-electron chi connectivity index (χ1n) is 4.61. The van der Waals surface area contributed by atoms with E-state index >= 15 is 0 Å². The Balaban J connectivity index is 3.16. The summed E-state index contributed by atoms with van der Waals surface area (Å²) in [4.78, 5) is 12.4. The Kier molecular flexibility index (Phi) is 3.25.